The van der Waals surface area contributed by atoms with Gasteiger partial charge in [-0.1, -0.05) is 6.92 Å². The maximum atomic E-state index is 11.8. The second-order valence-corrected chi connectivity index (χ2v) is 3.77. The van der Waals surface area contributed by atoms with Crippen molar-refractivity contribution in [3.05, 3.63) is 23.9 Å². The highest BCUT2D eigenvalue weighted by Crippen LogP contribution is 2.07. The molecular weight excluding hydrogens is 236 g/mol. The molecule has 98 valence electrons. The van der Waals surface area contributed by atoms with Crippen LogP contribution >= 0.6 is 0 Å². The summed E-state index contributed by atoms with van der Waals surface area (Å²) in [6.07, 6.45) is 1.86. The van der Waals surface area contributed by atoms with Gasteiger partial charge in [0.15, 0.2) is 0 Å². The highest BCUT2D eigenvalue weighted by Gasteiger charge is 2.15. The molecule has 6 nitrogen and oxygen atoms in total. The molecule has 1 atom stereocenters. The summed E-state index contributed by atoms with van der Waals surface area (Å²) in [5.74, 6) is -0.850. The van der Waals surface area contributed by atoms with E-state index in [1.807, 2.05) is 6.92 Å². The minimum atomic E-state index is -0.935. The molecule has 1 rings (SSSR count). The Morgan fingerprint density at radius 3 is 2.67 bits per heavy atom. The number of pyridine rings is 1. The van der Waals surface area contributed by atoms with E-state index in [0.717, 1.165) is 0 Å². The van der Waals surface area contributed by atoms with Crippen molar-refractivity contribution in [2.45, 2.75) is 25.8 Å². The third-order valence-electron chi connectivity index (χ3n) is 2.46. The first-order chi connectivity index (χ1) is 8.56. The number of nitrogens with one attached hydrogen (secondary N) is 1. The van der Waals surface area contributed by atoms with E-state index in [2.05, 4.69) is 10.3 Å². The van der Waals surface area contributed by atoms with Crippen molar-refractivity contribution >= 4 is 11.9 Å². The van der Waals surface area contributed by atoms with E-state index in [0.29, 0.717) is 17.9 Å². The Kier molecular flexibility index (Phi) is 5.10. The molecule has 0 aliphatic heterocycles. The molecule has 0 bridgehead atoms. The maximum Gasteiger partial charge on any atom is 0.305 e. The minimum absolute atomic E-state index is 0.0914. The normalized spacial score (nSPS) is 11.7. The molecule has 6 heteroatoms. The predicted molar refractivity (Wildman–Crippen MR) is 64.6 cm³/mol. The molecule has 0 spiro atoms. The smallest absolute Gasteiger partial charge is 0.305 e. The van der Waals surface area contributed by atoms with Gasteiger partial charge < -0.3 is 15.2 Å². The van der Waals surface area contributed by atoms with Gasteiger partial charge in [0.25, 0.3) is 5.91 Å². The molecular formula is C12H16N2O4. The SMILES string of the molecule is CCC(CC(=O)O)NC(=O)c1ccc(OC)nc1. The average Bonchev–Trinajstić information content (AvgIpc) is 2.37. The number of rotatable bonds is 6. The number of carboxylic acids is 1. The number of methoxy groups -OCH3 is 1. The Labute approximate surface area is 105 Å². The number of nitrogens with zero attached hydrogens (tertiary/aromatic N) is 1. The lowest BCUT2D eigenvalue weighted by Crippen LogP contribution is -2.36. The summed E-state index contributed by atoms with van der Waals surface area (Å²) in [5.41, 5.74) is 0.375. The highest BCUT2D eigenvalue weighted by atomic mass is 16.5. The Morgan fingerprint density at radius 2 is 2.22 bits per heavy atom. The molecule has 0 aromatic carbocycles. The Bertz CT molecular complexity index is 417. The van der Waals surface area contributed by atoms with Crippen molar-refractivity contribution in [1.29, 1.82) is 0 Å². The summed E-state index contributed by atoms with van der Waals surface area (Å²) < 4.78 is 4.88. The van der Waals surface area contributed by atoms with E-state index < -0.39 is 5.97 Å². The van der Waals surface area contributed by atoms with Crippen molar-refractivity contribution in [3.63, 3.8) is 0 Å². The standard InChI is InChI=1S/C12H16N2O4/c1-3-9(6-11(15)16)14-12(17)8-4-5-10(18-2)13-7-8/h4-5,7,9H,3,6H2,1-2H3,(H,14,17)(H,15,16). The molecule has 0 aliphatic carbocycles. The largest absolute Gasteiger partial charge is 0.481 e. The number of carbonyl (C=O) groups excluding carboxylic acids is 1. The van der Waals surface area contributed by atoms with E-state index in [4.69, 9.17) is 9.84 Å². The number of hydrogen-bond donors (Lipinski definition) is 2. The third kappa shape index (κ3) is 4.04. The molecule has 1 aromatic rings. The van der Waals surface area contributed by atoms with Crippen molar-refractivity contribution in [2.24, 2.45) is 0 Å². The molecule has 1 unspecified atom stereocenters. The first-order valence-electron chi connectivity index (χ1n) is 5.59. The van der Waals surface area contributed by atoms with Crippen LogP contribution in [0.5, 0.6) is 5.88 Å². The van der Waals surface area contributed by atoms with Crippen molar-refractivity contribution < 1.29 is 19.4 Å². The number of aliphatic carboxylic acids is 1. The summed E-state index contributed by atoms with van der Waals surface area (Å²) in [6.45, 7) is 1.82. The Morgan fingerprint density at radius 1 is 1.50 bits per heavy atom. The number of carboxylic acid groups (broad SMARTS) is 1. The zero-order valence-electron chi connectivity index (χ0n) is 10.3. The van der Waals surface area contributed by atoms with Gasteiger partial charge in [0.1, 0.15) is 0 Å². The van der Waals surface area contributed by atoms with Crippen LogP contribution in [0.3, 0.4) is 0 Å². The lowest BCUT2D eigenvalue weighted by Gasteiger charge is -2.14. The second kappa shape index (κ2) is 6.58. The van der Waals surface area contributed by atoms with Gasteiger partial charge in [0.05, 0.1) is 19.1 Å². The molecule has 0 saturated carbocycles. The van der Waals surface area contributed by atoms with Crippen LogP contribution in [0.2, 0.25) is 0 Å². The summed E-state index contributed by atoms with van der Waals surface area (Å²) in [7, 11) is 1.49. The fourth-order valence-corrected chi connectivity index (χ4v) is 1.41. The Balaban J connectivity index is 2.65. The van der Waals surface area contributed by atoms with Gasteiger partial charge in [-0.25, -0.2) is 4.98 Å². The third-order valence-corrected chi connectivity index (χ3v) is 2.46. The van der Waals surface area contributed by atoms with Crippen LogP contribution in [0, 0.1) is 0 Å². The van der Waals surface area contributed by atoms with Gasteiger partial charge in [-0.15, -0.1) is 0 Å². The first kappa shape index (κ1) is 14.0. The predicted octanol–water partition coefficient (Wildman–Crippen LogP) is 1.07. The molecule has 0 fully saturated rings. The molecule has 1 amide bonds. The molecule has 18 heavy (non-hydrogen) atoms. The van der Waals surface area contributed by atoms with Crippen LogP contribution < -0.4 is 10.1 Å². The van der Waals surface area contributed by atoms with Crippen LogP contribution in [-0.2, 0) is 4.79 Å². The second-order valence-electron chi connectivity index (χ2n) is 3.77. The zero-order chi connectivity index (χ0) is 13.5. The number of amides is 1. The van der Waals surface area contributed by atoms with Gasteiger partial charge in [-0.05, 0) is 12.5 Å². The molecule has 0 aliphatic rings. The molecule has 0 radical (unpaired) electrons. The quantitative estimate of drug-likeness (QED) is 0.790. The summed E-state index contributed by atoms with van der Waals surface area (Å²) in [4.78, 5) is 26.3. The van der Waals surface area contributed by atoms with Crippen LogP contribution in [0.15, 0.2) is 18.3 Å². The summed E-state index contributed by atoms with van der Waals surface area (Å²) in [5, 5.41) is 11.3. The Hall–Kier alpha value is -2.11. The van der Waals surface area contributed by atoms with Crippen molar-refractivity contribution in [2.75, 3.05) is 7.11 Å². The van der Waals surface area contributed by atoms with Crippen molar-refractivity contribution in [3.8, 4) is 5.88 Å². The topological polar surface area (TPSA) is 88.5 Å². The van der Waals surface area contributed by atoms with Crippen LogP contribution in [0.4, 0.5) is 0 Å². The average molecular weight is 252 g/mol. The highest BCUT2D eigenvalue weighted by molar-refractivity contribution is 5.94. The van der Waals surface area contributed by atoms with Crippen LogP contribution in [0.25, 0.3) is 0 Å². The van der Waals surface area contributed by atoms with E-state index in [9.17, 15) is 9.59 Å². The first-order valence-corrected chi connectivity index (χ1v) is 5.59. The molecule has 1 aromatic heterocycles. The molecule has 1 heterocycles. The fraction of sp³-hybridized carbons (Fsp3) is 0.417. The van der Waals surface area contributed by atoms with E-state index in [1.54, 1.807) is 12.1 Å². The lowest BCUT2D eigenvalue weighted by molar-refractivity contribution is -0.137. The summed E-state index contributed by atoms with van der Waals surface area (Å²) in [6, 6.07) is 2.78. The van der Waals surface area contributed by atoms with Gasteiger partial charge >= 0.3 is 5.97 Å². The fourth-order valence-electron chi connectivity index (χ4n) is 1.41. The van der Waals surface area contributed by atoms with Gasteiger partial charge in [0, 0.05) is 18.3 Å². The van der Waals surface area contributed by atoms with Gasteiger partial charge in [0.2, 0.25) is 5.88 Å². The maximum absolute atomic E-state index is 11.8. The molecule has 2 N–H and O–H groups in total. The minimum Gasteiger partial charge on any atom is -0.481 e. The van der Waals surface area contributed by atoms with Crippen LogP contribution in [-0.4, -0.2) is 35.1 Å². The van der Waals surface area contributed by atoms with E-state index in [-0.39, 0.29) is 18.4 Å². The molecule has 0 saturated heterocycles. The lowest BCUT2D eigenvalue weighted by atomic mass is 10.1. The monoisotopic (exact) mass is 252 g/mol. The van der Waals surface area contributed by atoms with Gasteiger partial charge in [-0.2, -0.15) is 0 Å². The zero-order valence-corrected chi connectivity index (χ0v) is 10.3. The van der Waals surface area contributed by atoms with E-state index in [1.165, 1.54) is 13.3 Å². The number of hydrogen-bond acceptors (Lipinski definition) is 4. The van der Waals surface area contributed by atoms with Crippen molar-refractivity contribution in [1.82, 2.24) is 10.3 Å². The van der Waals surface area contributed by atoms with E-state index >= 15 is 0 Å². The number of ether oxygens (including phenoxy) is 1. The summed E-state index contributed by atoms with van der Waals surface area (Å²) >= 11 is 0. The number of aromatic nitrogens is 1. The number of carbonyl (C=O) groups is 2. The van der Waals surface area contributed by atoms with Gasteiger partial charge in [-0.3, -0.25) is 9.59 Å². The van der Waals surface area contributed by atoms with Crippen LogP contribution in [0.1, 0.15) is 30.1 Å².